The molecule has 4 nitrogen and oxygen atoms in total. The molecule has 128 valence electrons. The lowest BCUT2D eigenvalue weighted by Crippen LogP contribution is -2.83. The quantitative estimate of drug-likeness (QED) is 0.789. The molecule has 0 aliphatic carbocycles. The van der Waals surface area contributed by atoms with Crippen molar-refractivity contribution in [1.82, 2.24) is 0 Å². The predicted octanol–water partition coefficient (Wildman–Crippen LogP) is 1.84. The first-order chi connectivity index (χ1) is 11.8. The third kappa shape index (κ3) is 4.73. The average molecular weight is 327 g/mol. The van der Waals surface area contributed by atoms with Gasteiger partial charge in [0.05, 0.1) is 26.9 Å². The number of ether oxygens (including phenoxy) is 2. The lowest BCUT2D eigenvalue weighted by molar-refractivity contribution is -0.670. The van der Waals surface area contributed by atoms with Crippen molar-refractivity contribution in [2.24, 2.45) is 0 Å². The minimum absolute atomic E-state index is 0.834. The number of nitrogens with zero attached hydrogens (tertiary/aromatic N) is 1. The summed E-state index contributed by atoms with van der Waals surface area (Å²) in [6, 6.07) is 17.3. The van der Waals surface area contributed by atoms with Crippen LogP contribution >= 0.6 is 0 Å². The molecule has 1 fully saturated rings. The van der Waals surface area contributed by atoms with Crippen LogP contribution in [0.25, 0.3) is 0 Å². The Labute approximate surface area is 144 Å². The summed E-state index contributed by atoms with van der Waals surface area (Å²) in [5.41, 5.74) is 4.04. The van der Waals surface area contributed by atoms with E-state index >= 15 is 0 Å². The smallest absolute Gasteiger partial charge is 0.118 e. The van der Waals surface area contributed by atoms with Crippen molar-refractivity contribution >= 4 is 5.69 Å². The molecule has 2 aromatic rings. The van der Waals surface area contributed by atoms with Gasteiger partial charge in [0.2, 0.25) is 0 Å². The third-order valence-corrected chi connectivity index (χ3v) is 4.49. The second kappa shape index (κ2) is 8.71. The summed E-state index contributed by atoms with van der Waals surface area (Å²) in [7, 11) is 1.70. The van der Waals surface area contributed by atoms with Gasteiger partial charge >= 0.3 is 0 Å². The van der Waals surface area contributed by atoms with E-state index in [4.69, 9.17) is 9.47 Å². The van der Waals surface area contributed by atoms with Crippen molar-refractivity contribution in [3.8, 4) is 5.75 Å². The Morgan fingerprint density at radius 2 is 1.62 bits per heavy atom. The molecular formula is C20H27N2O2+. The Bertz CT molecular complexity index is 605. The summed E-state index contributed by atoms with van der Waals surface area (Å²) < 4.78 is 10.6. The average Bonchev–Trinajstić information content (AvgIpc) is 2.67. The Hall–Kier alpha value is -2.04. The maximum Gasteiger partial charge on any atom is 0.118 e. The molecule has 3 rings (SSSR count). The molecule has 0 aromatic heterocycles. The lowest BCUT2D eigenvalue weighted by atomic mass is 10.1. The van der Waals surface area contributed by atoms with E-state index in [1.807, 2.05) is 12.1 Å². The Kier molecular flexibility index (Phi) is 6.10. The molecule has 2 aromatic carbocycles. The van der Waals surface area contributed by atoms with Crippen molar-refractivity contribution in [3.05, 3.63) is 59.7 Å². The van der Waals surface area contributed by atoms with Crippen LogP contribution in [0.5, 0.6) is 5.75 Å². The SMILES string of the molecule is COc1ccc(CC[NH2+]Cc2ccc(N3CCOCC3)cc2)cc1. The maximum atomic E-state index is 5.41. The molecule has 1 aliphatic rings. The minimum Gasteiger partial charge on any atom is -0.497 e. The zero-order valence-corrected chi connectivity index (χ0v) is 14.4. The van der Waals surface area contributed by atoms with Crippen LogP contribution in [0.15, 0.2) is 48.5 Å². The van der Waals surface area contributed by atoms with Crippen LogP contribution in [0, 0.1) is 0 Å². The molecule has 0 radical (unpaired) electrons. The van der Waals surface area contributed by atoms with E-state index in [0.29, 0.717) is 0 Å². The summed E-state index contributed by atoms with van der Waals surface area (Å²) in [4.78, 5) is 2.39. The molecule has 1 saturated heterocycles. The number of anilines is 1. The largest absolute Gasteiger partial charge is 0.497 e. The number of hydrogen-bond donors (Lipinski definition) is 1. The van der Waals surface area contributed by atoms with Crippen molar-refractivity contribution in [2.75, 3.05) is 44.9 Å². The van der Waals surface area contributed by atoms with E-state index in [1.54, 1.807) is 7.11 Å². The highest BCUT2D eigenvalue weighted by Gasteiger charge is 2.10. The van der Waals surface area contributed by atoms with Gasteiger partial charge < -0.3 is 19.7 Å². The predicted molar refractivity (Wildman–Crippen MR) is 96.7 cm³/mol. The molecule has 0 amide bonds. The number of benzene rings is 2. The van der Waals surface area contributed by atoms with Crippen molar-refractivity contribution in [1.29, 1.82) is 0 Å². The fraction of sp³-hybridized carbons (Fsp3) is 0.400. The molecule has 0 bridgehead atoms. The summed E-state index contributed by atoms with van der Waals surface area (Å²) in [5, 5.41) is 2.37. The van der Waals surface area contributed by atoms with Gasteiger partial charge in [-0.05, 0) is 29.8 Å². The fourth-order valence-corrected chi connectivity index (χ4v) is 2.99. The molecule has 24 heavy (non-hydrogen) atoms. The van der Waals surface area contributed by atoms with Gasteiger partial charge in [0.15, 0.2) is 0 Å². The number of nitrogens with two attached hydrogens (primary N) is 1. The van der Waals surface area contributed by atoms with Gasteiger partial charge in [0.25, 0.3) is 0 Å². The van der Waals surface area contributed by atoms with Gasteiger partial charge in [-0.2, -0.15) is 0 Å². The van der Waals surface area contributed by atoms with Crippen LogP contribution in [-0.2, 0) is 17.7 Å². The van der Waals surface area contributed by atoms with Gasteiger partial charge in [0.1, 0.15) is 12.3 Å². The molecule has 1 heterocycles. The molecule has 0 saturated carbocycles. The Morgan fingerprint density at radius 1 is 0.958 bits per heavy atom. The maximum absolute atomic E-state index is 5.41. The summed E-state index contributed by atoms with van der Waals surface area (Å²) >= 11 is 0. The molecule has 1 aliphatic heterocycles. The van der Waals surface area contributed by atoms with E-state index in [1.165, 1.54) is 16.8 Å². The number of methoxy groups -OCH3 is 1. The molecular weight excluding hydrogens is 300 g/mol. The lowest BCUT2D eigenvalue weighted by Gasteiger charge is -2.28. The third-order valence-electron chi connectivity index (χ3n) is 4.49. The minimum atomic E-state index is 0.834. The number of rotatable bonds is 7. The molecule has 0 spiro atoms. The number of quaternary nitrogens is 1. The summed E-state index contributed by atoms with van der Waals surface area (Å²) in [6.07, 6.45) is 1.08. The highest BCUT2D eigenvalue weighted by atomic mass is 16.5. The van der Waals surface area contributed by atoms with Gasteiger partial charge in [-0.3, -0.25) is 0 Å². The molecule has 0 unspecified atom stereocenters. The first-order valence-corrected chi connectivity index (χ1v) is 8.71. The Balaban J connectivity index is 1.41. The van der Waals surface area contributed by atoms with Crippen molar-refractivity contribution < 1.29 is 14.8 Å². The standard InChI is InChI=1S/C20H26N2O2/c1-23-20-8-4-17(5-9-20)10-11-21-16-18-2-6-19(7-3-18)22-12-14-24-15-13-22/h2-9,21H,10-16H2,1H3/p+1. The van der Waals surface area contributed by atoms with Crippen LogP contribution in [-0.4, -0.2) is 40.0 Å². The number of hydrogen-bond acceptors (Lipinski definition) is 3. The zero-order valence-electron chi connectivity index (χ0n) is 14.4. The Morgan fingerprint density at radius 3 is 2.29 bits per heavy atom. The molecule has 0 atom stereocenters. The van der Waals surface area contributed by atoms with Crippen LogP contribution in [0.2, 0.25) is 0 Å². The normalized spacial score (nSPS) is 14.6. The van der Waals surface area contributed by atoms with Gasteiger partial charge in [-0.25, -0.2) is 0 Å². The summed E-state index contributed by atoms with van der Waals surface area (Å²) in [5.74, 6) is 0.920. The fourth-order valence-electron chi connectivity index (χ4n) is 2.99. The van der Waals surface area contributed by atoms with E-state index < -0.39 is 0 Å². The van der Waals surface area contributed by atoms with E-state index in [2.05, 4.69) is 46.6 Å². The molecule has 4 heteroatoms. The highest BCUT2D eigenvalue weighted by Crippen LogP contribution is 2.16. The van der Waals surface area contributed by atoms with Crippen LogP contribution in [0.1, 0.15) is 11.1 Å². The summed E-state index contributed by atoms with van der Waals surface area (Å²) in [6.45, 7) is 5.78. The first kappa shape index (κ1) is 16.8. The van der Waals surface area contributed by atoms with Crippen LogP contribution in [0.3, 0.4) is 0 Å². The molecule has 2 N–H and O–H groups in total. The highest BCUT2D eigenvalue weighted by molar-refractivity contribution is 5.47. The van der Waals surface area contributed by atoms with Crippen LogP contribution < -0.4 is 15.0 Å². The monoisotopic (exact) mass is 327 g/mol. The van der Waals surface area contributed by atoms with Crippen molar-refractivity contribution in [3.63, 3.8) is 0 Å². The van der Waals surface area contributed by atoms with Gasteiger partial charge in [-0.1, -0.05) is 24.3 Å². The van der Waals surface area contributed by atoms with E-state index in [-0.39, 0.29) is 0 Å². The van der Waals surface area contributed by atoms with Crippen LogP contribution in [0.4, 0.5) is 5.69 Å². The van der Waals surface area contributed by atoms with Gasteiger partial charge in [0, 0.05) is 30.8 Å². The van der Waals surface area contributed by atoms with Crippen molar-refractivity contribution in [2.45, 2.75) is 13.0 Å². The topological polar surface area (TPSA) is 38.3 Å². The number of morpholine rings is 1. The first-order valence-electron chi connectivity index (χ1n) is 8.71. The second-order valence-corrected chi connectivity index (χ2v) is 6.15. The zero-order chi connectivity index (χ0) is 16.6. The van der Waals surface area contributed by atoms with E-state index in [0.717, 1.165) is 51.6 Å². The second-order valence-electron chi connectivity index (χ2n) is 6.15. The van der Waals surface area contributed by atoms with Gasteiger partial charge in [-0.15, -0.1) is 0 Å². The van der Waals surface area contributed by atoms with E-state index in [9.17, 15) is 0 Å².